The molecule has 1 rings (SSSR count). The highest BCUT2D eigenvalue weighted by Gasteiger charge is 2.14. The van der Waals surface area contributed by atoms with Crippen LogP contribution in [0, 0.1) is 21.8 Å². The van der Waals surface area contributed by atoms with Crippen molar-refractivity contribution in [3.8, 4) is 0 Å². The van der Waals surface area contributed by atoms with E-state index in [1.807, 2.05) is 27.0 Å². The van der Waals surface area contributed by atoms with Crippen LogP contribution in [0.25, 0.3) is 6.08 Å². The van der Waals surface area contributed by atoms with Crippen molar-refractivity contribution in [2.24, 2.45) is 5.92 Å². The van der Waals surface area contributed by atoms with E-state index in [2.05, 4.69) is 5.32 Å². The molecule has 0 spiro atoms. The molecule has 0 aliphatic carbocycles. The third-order valence-corrected chi connectivity index (χ3v) is 2.64. The Hall–Kier alpha value is -1.75. The number of halogens is 1. The molecule has 0 unspecified atom stereocenters. The predicted octanol–water partition coefficient (Wildman–Crippen LogP) is 2.99. The predicted molar refractivity (Wildman–Crippen MR) is 69.8 cm³/mol. The van der Waals surface area contributed by atoms with Gasteiger partial charge in [0.05, 0.1) is 4.92 Å². The van der Waals surface area contributed by atoms with Crippen LogP contribution in [-0.4, -0.2) is 18.5 Å². The van der Waals surface area contributed by atoms with E-state index in [0.29, 0.717) is 18.0 Å². The van der Waals surface area contributed by atoms with E-state index in [1.165, 1.54) is 6.07 Å². The lowest BCUT2D eigenvalue weighted by Gasteiger charge is -2.10. The van der Waals surface area contributed by atoms with Gasteiger partial charge in [-0.1, -0.05) is 31.6 Å². The molecule has 0 heterocycles. The maximum Gasteiger partial charge on any atom is 0.305 e. The van der Waals surface area contributed by atoms with Crippen LogP contribution in [0.15, 0.2) is 23.8 Å². The van der Waals surface area contributed by atoms with Gasteiger partial charge < -0.3 is 5.32 Å². The van der Waals surface area contributed by atoms with Crippen LogP contribution in [0.2, 0.25) is 0 Å². The molecule has 0 atom stereocenters. The summed E-state index contributed by atoms with van der Waals surface area (Å²) in [6.45, 7) is 4.78. The normalized spacial score (nSPS) is 11.9. The molecule has 0 aromatic heterocycles. The van der Waals surface area contributed by atoms with Gasteiger partial charge in [0, 0.05) is 12.6 Å². The van der Waals surface area contributed by atoms with Gasteiger partial charge in [-0.2, -0.15) is 4.39 Å². The Balaban J connectivity index is 3.13. The summed E-state index contributed by atoms with van der Waals surface area (Å²) >= 11 is 0. The molecule has 1 aromatic carbocycles. The molecule has 0 radical (unpaired) electrons. The van der Waals surface area contributed by atoms with Gasteiger partial charge in [0.15, 0.2) is 0 Å². The number of nitrogens with zero attached hydrogens (tertiary/aromatic N) is 1. The first-order valence-corrected chi connectivity index (χ1v) is 5.74. The smallest absolute Gasteiger partial charge is 0.305 e. The summed E-state index contributed by atoms with van der Waals surface area (Å²) in [6.07, 6.45) is 1.85. The second-order valence-corrected chi connectivity index (χ2v) is 4.37. The van der Waals surface area contributed by atoms with E-state index in [0.717, 1.165) is 11.6 Å². The minimum atomic E-state index is -0.808. The quantitative estimate of drug-likeness (QED) is 0.647. The Morgan fingerprint density at radius 3 is 2.72 bits per heavy atom. The highest BCUT2D eigenvalue weighted by Crippen LogP contribution is 2.21. The third-order valence-electron chi connectivity index (χ3n) is 2.64. The maximum absolute atomic E-state index is 13.2. The van der Waals surface area contributed by atoms with Crippen molar-refractivity contribution in [2.75, 3.05) is 13.6 Å². The van der Waals surface area contributed by atoms with Gasteiger partial charge in [0.2, 0.25) is 5.82 Å². The summed E-state index contributed by atoms with van der Waals surface area (Å²) in [5, 5.41) is 13.7. The van der Waals surface area contributed by atoms with Crippen molar-refractivity contribution in [2.45, 2.75) is 13.8 Å². The molecule has 1 aromatic rings. The Kier molecular flexibility index (Phi) is 4.97. The number of nitro groups is 1. The van der Waals surface area contributed by atoms with Crippen LogP contribution in [0.1, 0.15) is 19.4 Å². The zero-order valence-electron chi connectivity index (χ0n) is 10.7. The lowest BCUT2D eigenvalue weighted by Crippen LogP contribution is -2.13. The largest absolute Gasteiger partial charge is 0.316 e. The number of likely N-dealkylation sites (N-methyl/N-ethyl adjacent to an activating group) is 1. The highest BCUT2D eigenvalue weighted by atomic mass is 19.1. The Bertz CT molecular complexity index is 470. The molecule has 1 N–H and O–H groups in total. The maximum atomic E-state index is 13.2. The monoisotopic (exact) mass is 252 g/mol. The average molecular weight is 252 g/mol. The fourth-order valence-electron chi connectivity index (χ4n) is 1.60. The Morgan fingerprint density at radius 1 is 1.56 bits per heavy atom. The van der Waals surface area contributed by atoms with Crippen LogP contribution in [0.5, 0.6) is 0 Å². The fourth-order valence-corrected chi connectivity index (χ4v) is 1.60. The zero-order chi connectivity index (χ0) is 13.7. The molecule has 0 amide bonds. The van der Waals surface area contributed by atoms with Crippen molar-refractivity contribution in [1.29, 1.82) is 0 Å². The third kappa shape index (κ3) is 3.63. The zero-order valence-corrected chi connectivity index (χ0v) is 10.7. The van der Waals surface area contributed by atoms with E-state index in [-0.39, 0.29) is 0 Å². The lowest BCUT2D eigenvalue weighted by molar-refractivity contribution is -0.387. The number of hydrogen-bond donors (Lipinski definition) is 1. The van der Waals surface area contributed by atoms with Gasteiger partial charge in [-0.3, -0.25) is 10.1 Å². The summed E-state index contributed by atoms with van der Waals surface area (Å²) in [5.41, 5.74) is 1.26. The van der Waals surface area contributed by atoms with Crippen LogP contribution < -0.4 is 5.32 Å². The van der Waals surface area contributed by atoms with E-state index >= 15 is 0 Å². The summed E-state index contributed by atoms with van der Waals surface area (Å²) in [6, 6.07) is 3.93. The lowest BCUT2D eigenvalue weighted by atomic mass is 10.00. The first-order valence-electron chi connectivity index (χ1n) is 5.74. The van der Waals surface area contributed by atoms with Gasteiger partial charge in [-0.05, 0) is 24.6 Å². The van der Waals surface area contributed by atoms with Crippen molar-refractivity contribution in [1.82, 2.24) is 5.32 Å². The first-order chi connectivity index (χ1) is 8.45. The van der Waals surface area contributed by atoms with Crippen LogP contribution in [-0.2, 0) is 0 Å². The van der Waals surface area contributed by atoms with Gasteiger partial charge >= 0.3 is 5.69 Å². The van der Waals surface area contributed by atoms with Crippen molar-refractivity contribution >= 4 is 11.8 Å². The number of nitrogens with one attached hydrogen (secondary N) is 1. The van der Waals surface area contributed by atoms with Gasteiger partial charge in [-0.25, -0.2) is 0 Å². The summed E-state index contributed by atoms with van der Waals surface area (Å²) in [5.74, 6) is -0.488. The molecule has 98 valence electrons. The Labute approximate surface area is 106 Å². The molecule has 0 aliphatic heterocycles. The molecular formula is C13H17FN2O2. The van der Waals surface area contributed by atoms with Crippen LogP contribution in [0.4, 0.5) is 10.1 Å². The summed E-state index contributed by atoms with van der Waals surface area (Å²) in [4.78, 5) is 9.94. The number of benzene rings is 1. The Morgan fingerprint density at radius 2 is 2.22 bits per heavy atom. The van der Waals surface area contributed by atoms with E-state index in [4.69, 9.17) is 0 Å². The first kappa shape index (κ1) is 14.3. The van der Waals surface area contributed by atoms with Crippen LogP contribution in [0.3, 0.4) is 0 Å². The topological polar surface area (TPSA) is 55.2 Å². The SMILES string of the molecule is CNC/C(=C/c1ccc(F)c([N+](=O)[O-])c1)C(C)C. The summed E-state index contributed by atoms with van der Waals surface area (Å²) < 4.78 is 13.2. The minimum Gasteiger partial charge on any atom is -0.316 e. The van der Waals surface area contributed by atoms with E-state index < -0.39 is 16.4 Å². The molecule has 0 saturated carbocycles. The van der Waals surface area contributed by atoms with Crippen molar-refractivity contribution < 1.29 is 9.31 Å². The van der Waals surface area contributed by atoms with Crippen LogP contribution >= 0.6 is 0 Å². The number of rotatable bonds is 5. The van der Waals surface area contributed by atoms with Gasteiger partial charge in [0.1, 0.15) is 0 Å². The molecule has 5 heteroatoms. The molecule has 0 aliphatic rings. The second kappa shape index (κ2) is 6.26. The molecule has 18 heavy (non-hydrogen) atoms. The molecular weight excluding hydrogens is 235 g/mol. The van der Waals surface area contributed by atoms with Crippen molar-refractivity contribution in [3.05, 3.63) is 45.3 Å². The average Bonchev–Trinajstić information content (AvgIpc) is 2.30. The number of nitro benzene ring substituents is 1. The molecule has 0 saturated heterocycles. The van der Waals surface area contributed by atoms with Gasteiger partial charge in [-0.15, -0.1) is 0 Å². The van der Waals surface area contributed by atoms with E-state index in [9.17, 15) is 14.5 Å². The highest BCUT2D eigenvalue weighted by molar-refractivity contribution is 5.57. The minimum absolute atomic E-state index is 0.321. The van der Waals surface area contributed by atoms with Gasteiger partial charge in [0.25, 0.3) is 0 Å². The van der Waals surface area contributed by atoms with E-state index in [1.54, 1.807) is 6.07 Å². The second-order valence-electron chi connectivity index (χ2n) is 4.37. The van der Waals surface area contributed by atoms with Crippen molar-refractivity contribution in [3.63, 3.8) is 0 Å². The molecule has 0 bridgehead atoms. The molecule has 4 nitrogen and oxygen atoms in total. The standard InChI is InChI=1S/C13H17FN2O2/c1-9(2)11(8-15-3)6-10-4-5-12(14)13(7-10)16(17)18/h4-7,9,15H,8H2,1-3H3/b11-6-. The number of hydrogen-bond acceptors (Lipinski definition) is 3. The fraction of sp³-hybridized carbons (Fsp3) is 0.385. The summed E-state index contributed by atoms with van der Waals surface area (Å²) in [7, 11) is 1.84. The molecule has 0 fully saturated rings.